The van der Waals surface area contributed by atoms with E-state index in [4.69, 9.17) is 0 Å². The fourth-order valence-electron chi connectivity index (χ4n) is 2.32. The number of benzene rings is 1. The molecule has 0 aliphatic carbocycles. The van der Waals surface area contributed by atoms with E-state index in [1.165, 1.54) is 18.4 Å². The van der Waals surface area contributed by atoms with Crippen LogP contribution in [0.25, 0.3) is 0 Å². The largest absolute Gasteiger partial charge is 0.309 e. The highest BCUT2D eigenvalue weighted by molar-refractivity contribution is 5.19. The maximum Gasteiger partial charge on any atom is 0.0343 e. The second-order valence-corrected chi connectivity index (χ2v) is 5.43. The summed E-state index contributed by atoms with van der Waals surface area (Å²) in [7, 11) is 0. The van der Waals surface area contributed by atoms with Gasteiger partial charge in [0.2, 0.25) is 0 Å². The van der Waals surface area contributed by atoms with E-state index in [0.717, 1.165) is 12.5 Å². The molecule has 0 heterocycles. The summed E-state index contributed by atoms with van der Waals surface area (Å²) < 4.78 is 0. The molecular weight excluding hydrogens is 206 g/mol. The van der Waals surface area contributed by atoms with Crippen molar-refractivity contribution in [2.24, 2.45) is 11.8 Å². The smallest absolute Gasteiger partial charge is 0.0343 e. The molecule has 96 valence electrons. The van der Waals surface area contributed by atoms with Crippen molar-refractivity contribution < 1.29 is 0 Å². The Labute approximate surface area is 107 Å². The first-order valence-corrected chi connectivity index (χ1v) is 6.93. The van der Waals surface area contributed by atoms with Gasteiger partial charge in [0, 0.05) is 6.04 Å². The van der Waals surface area contributed by atoms with E-state index in [9.17, 15) is 0 Å². The zero-order chi connectivity index (χ0) is 12.7. The van der Waals surface area contributed by atoms with E-state index >= 15 is 0 Å². The van der Waals surface area contributed by atoms with Gasteiger partial charge in [0.05, 0.1) is 0 Å². The Balaban J connectivity index is 2.56. The lowest BCUT2D eigenvalue weighted by Crippen LogP contribution is -2.29. The average Bonchev–Trinajstić information content (AvgIpc) is 2.30. The van der Waals surface area contributed by atoms with E-state index < -0.39 is 0 Å². The Kier molecular flexibility index (Phi) is 6.28. The van der Waals surface area contributed by atoms with Crippen molar-refractivity contribution in [1.29, 1.82) is 0 Å². The minimum Gasteiger partial charge on any atom is -0.309 e. The molecular formula is C16H27N. The Bertz CT molecular complexity index is 292. The van der Waals surface area contributed by atoms with Crippen molar-refractivity contribution in [2.45, 2.75) is 46.6 Å². The van der Waals surface area contributed by atoms with E-state index in [1.807, 2.05) is 0 Å². The molecule has 1 N–H and O–H groups in total. The fourth-order valence-corrected chi connectivity index (χ4v) is 2.32. The van der Waals surface area contributed by atoms with Gasteiger partial charge in [-0.25, -0.2) is 0 Å². The lowest BCUT2D eigenvalue weighted by atomic mass is 9.95. The van der Waals surface area contributed by atoms with Crippen molar-refractivity contribution in [2.75, 3.05) is 6.54 Å². The molecule has 1 heteroatoms. The summed E-state index contributed by atoms with van der Waals surface area (Å²) in [6, 6.07) is 11.3. The van der Waals surface area contributed by atoms with Crippen LogP contribution >= 0.6 is 0 Å². The predicted molar refractivity (Wildman–Crippen MR) is 76.1 cm³/mol. The van der Waals surface area contributed by atoms with E-state index in [1.54, 1.807) is 0 Å². The van der Waals surface area contributed by atoms with Gasteiger partial charge in [0.25, 0.3) is 0 Å². The maximum atomic E-state index is 3.72. The van der Waals surface area contributed by atoms with Crippen molar-refractivity contribution >= 4 is 0 Å². The lowest BCUT2D eigenvalue weighted by Gasteiger charge is -2.25. The number of rotatable bonds is 7. The Morgan fingerprint density at radius 3 is 2.24 bits per heavy atom. The van der Waals surface area contributed by atoms with Gasteiger partial charge in [-0.15, -0.1) is 0 Å². The Hall–Kier alpha value is -0.820. The molecule has 1 aromatic carbocycles. The molecule has 1 aromatic rings. The molecule has 0 spiro atoms. The van der Waals surface area contributed by atoms with Crippen molar-refractivity contribution in [3.63, 3.8) is 0 Å². The van der Waals surface area contributed by atoms with Crippen LogP contribution in [0.5, 0.6) is 0 Å². The minimum atomic E-state index is 0.482. The van der Waals surface area contributed by atoms with Crippen molar-refractivity contribution in [1.82, 2.24) is 5.32 Å². The quantitative estimate of drug-likeness (QED) is 0.735. The molecule has 0 aromatic heterocycles. The molecule has 0 bridgehead atoms. The van der Waals surface area contributed by atoms with Crippen LogP contribution in [0.2, 0.25) is 0 Å². The van der Waals surface area contributed by atoms with Crippen LogP contribution in [-0.4, -0.2) is 6.54 Å². The monoisotopic (exact) mass is 233 g/mol. The van der Waals surface area contributed by atoms with Crippen molar-refractivity contribution in [3.8, 4) is 0 Å². The molecule has 0 saturated heterocycles. The topological polar surface area (TPSA) is 12.0 Å². The third-order valence-corrected chi connectivity index (χ3v) is 3.29. The molecule has 0 fully saturated rings. The third kappa shape index (κ3) is 4.91. The predicted octanol–water partition coefficient (Wildman–Crippen LogP) is 4.41. The van der Waals surface area contributed by atoms with Crippen LogP contribution in [0.15, 0.2) is 30.3 Å². The molecule has 0 aliphatic heterocycles. The highest BCUT2D eigenvalue weighted by atomic mass is 14.9. The highest BCUT2D eigenvalue weighted by Gasteiger charge is 2.15. The van der Waals surface area contributed by atoms with E-state index in [0.29, 0.717) is 12.0 Å². The molecule has 17 heavy (non-hydrogen) atoms. The SMILES string of the molecule is CCCC(C)CNC(c1ccccc1)C(C)C. The Morgan fingerprint density at radius 1 is 1.06 bits per heavy atom. The molecule has 1 nitrogen and oxygen atoms in total. The number of hydrogen-bond acceptors (Lipinski definition) is 1. The standard InChI is InChI=1S/C16H27N/c1-5-9-14(4)12-17-16(13(2)3)15-10-7-6-8-11-15/h6-8,10-11,13-14,16-17H,5,9,12H2,1-4H3. The molecule has 0 aliphatic rings. The van der Waals surface area contributed by atoms with Gasteiger partial charge in [-0.3, -0.25) is 0 Å². The minimum absolute atomic E-state index is 0.482. The number of nitrogens with one attached hydrogen (secondary N) is 1. The highest BCUT2D eigenvalue weighted by Crippen LogP contribution is 2.21. The van der Waals surface area contributed by atoms with Crippen LogP contribution in [0.1, 0.15) is 52.1 Å². The maximum absolute atomic E-state index is 3.72. The average molecular weight is 233 g/mol. The van der Waals surface area contributed by atoms with Gasteiger partial charge in [0.15, 0.2) is 0 Å². The third-order valence-electron chi connectivity index (χ3n) is 3.29. The van der Waals surface area contributed by atoms with Crippen LogP contribution in [0, 0.1) is 11.8 Å². The van der Waals surface area contributed by atoms with Gasteiger partial charge < -0.3 is 5.32 Å². The van der Waals surface area contributed by atoms with Crippen LogP contribution in [-0.2, 0) is 0 Å². The molecule has 1 rings (SSSR count). The zero-order valence-electron chi connectivity index (χ0n) is 11.7. The summed E-state index contributed by atoms with van der Waals surface area (Å²) in [6.45, 7) is 10.3. The lowest BCUT2D eigenvalue weighted by molar-refractivity contribution is 0.369. The summed E-state index contributed by atoms with van der Waals surface area (Å²) in [5, 5.41) is 3.72. The normalized spacial score (nSPS) is 14.9. The second-order valence-electron chi connectivity index (χ2n) is 5.43. The molecule has 0 amide bonds. The van der Waals surface area contributed by atoms with Gasteiger partial charge >= 0.3 is 0 Å². The van der Waals surface area contributed by atoms with Crippen LogP contribution in [0.3, 0.4) is 0 Å². The van der Waals surface area contributed by atoms with Gasteiger partial charge in [-0.05, 0) is 30.4 Å². The molecule has 2 atom stereocenters. The first-order chi connectivity index (χ1) is 8.15. The molecule has 0 radical (unpaired) electrons. The van der Waals surface area contributed by atoms with E-state index in [2.05, 4.69) is 63.3 Å². The van der Waals surface area contributed by atoms with Crippen LogP contribution < -0.4 is 5.32 Å². The van der Waals surface area contributed by atoms with Crippen molar-refractivity contribution in [3.05, 3.63) is 35.9 Å². The summed E-state index contributed by atoms with van der Waals surface area (Å²) in [4.78, 5) is 0. The van der Waals surface area contributed by atoms with Gasteiger partial charge in [0.1, 0.15) is 0 Å². The molecule has 2 unspecified atom stereocenters. The van der Waals surface area contributed by atoms with Gasteiger partial charge in [-0.2, -0.15) is 0 Å². The summed E-state index contributed by atoms with van der Waals surface area (Å²) >= 11 is 0. The van der Waals surface area contributed by atoms with Gasteiger partial charge in [-0.1, -0.05) is 64.4 Å². The number of hydrogen-bond donors (Lipinski definition) is 1. The second kappa shape index (κ2) is 7.50. The van der Waals surface area contributed by atoms with Crippen LogP contribution in [0.4, 0.5) is 0 Å². The molecule has 0 saturated carbocycles. The summed E-state index contributed by atoms with van der Waals surface area (Å²) in [5.74, 6) is 1.40. The summed E-state index contributed by atoms with van der Waals surface area (Å²) in [5.41, 5.74) is 1.41. The first kappa shape index (κ1) is 14.2. The Morgan fingerprint density at radius 2 is 1.71 bits per heavy atom. The summed E-state index contributed by atoms with van der Waals surface area (Å²) in [6.07, 6.45) is 2.59. The van der Waals surface area contributed by atoms with E-state index in [-0.39, 0.29) is 0 Å². The first-order valence-electron chi connectivity index (χ1n) is 6.93. The fraction of sp³-hybridized carbons (Fsp3) is 0.625. The zero-order valence-corrected chi connectivity index (χ0v) is 11.7.